The maximum absolute atomic E-state index is 4.54. The molecule has 0 saturated carbocycles. The van der Waals surface area contributed by atoms with E-state index in [2.05, 4.69) is 54.0 Å². The molecule has 0 bridgehead atoms. The van der Waals surface area contributed by atoms with Gasteiger partial charge in [-0.2, -0.15) is 5.10 Å². The number of hydrogen-bond donors (Lipinski definition) is 0. The van der Waals surface area contributed by atoms with Crippen LogP contribution in [0.4, 0.5) is 0 Å². The van der Waals surface area contributed by atoms with Crippen molar-refractivity contribution in [2.45, 2.75) is 33.2 Å². The normalized spacial score (nSPS) is 12.2. The average molecular weight is 272 g/mol. The van der Waals surface area contributed by atoms with Gasteiger partial charge in [0.1, 0.15) is 6.33 Å². The molecule has 0 N–H and O–H groups in total. The van der Waals surface area contributed by atoms with Gasteiger partial charge >= 0.3 is 0 Å². The van der Waals surface area contributed by atoms with Gasteiger partial charge in [-0.25, -0.2) is 14.6 Å². The Bertz CT molecular complexity index is 733. The van der Waals surface area contributed by atoms with Crippen molar-refractivity contribution in [3.05, 3.63) is 29.5 Å². The molecule has 19 heavy (non-hydrogen) atoms. The van der Waals surface area contributed by atoms with Crippen molar-refractivity contribution in [2.75, 3.05) is 0 Å². The van der Waals surface area contributed by atoms with Crippen LogP contribution in [0.1, 0.15) is 25.8 Å². The zero-order valence-corrected chi connectivity index (χ0v) is 12.3. The Kier molecular flexibility index (Phi) is 2.67. The second-order valence-corrected chi connectivity index (χ2v) is 6.82. The van der Waals surface area contributed by atoms with Gasteiger partial charge in [0.25, 0.3) is 0 Å². The molecule has 0 aliphatic heterocycles. The molecule has 0 atom stereocenters. The van der Waals surface area contributed by atoms with Crippen molar-refractivity contribution < 1.29 is 0 Å². The molecular weight excluding hydrogens is 256 g/mol. The van der Waals surface area contributed by atoms with E-state index >= 15 is 0 Å². The summed E-state index contributed by atoms with van der Waals surface area (Å²) >= 11 is 1.71. The van der Waals surface area contributed by atoms with E-state index in [1.807, 2.05) is 11.6 Å². The van der Waals surface area contributed by atoms with E-state index < -0.39 is 0 Å². The van der Waals surface area contributed by atoms with Gasteiger partial charge in [-0.1, -0.05) is 0 Å². The topological polar surface area (TPSA) is 43.6 Å². The Labute approximate surface area is 116 Å². The Morgan fingerprint density at radius 3 is 2.74 bits per heavy atom. The summed E-state index contributed by atoms with van der Waals surface area (Å²) in [4.78, 5) is 8.93. The Hall–Kier alpha value is -1.75. The summed E-state index contributed by atoms with van der Waals surface area (Å²) in [6.07, 6.45) is 1.61. The fourth-order valence-electron chi connectivity index (χ4n) is 2.11. The second kappa shape index (κ2) is 4.13. The number of aryl methyl sites for hydroxylation is 1. The molecule has 0 spiro atoms. The highest BCUT2D eigenvalue weighted by Crippen LogP contribution is 2.28. The minimum absolute atomic E-state index is 0.0845. The van der Waals surface area contributed by atoms with Crippen molar-refractivity contribution in [3.8, 4) is 11.4 Å². The highest BCUT2D eigenvalue weighted by molar-refractivity contribution is 7.18. The van der Waals surface area contributed by atoms with Gasteiger partial charge in [-0.05, 0) is 45.9 Å². The van der Waals surface area contributed by atoms with E-state index in [1.54, 1.807) is 17.7 Å². The fourth-order valence-corrected chi connectivity index (χ4v) is 2.92. The van der Waals surface area contributed by atoms with Crippen LogP contribution in [-0.2, 0) is 5.54 Å². The van der Waals surface area contributed by atoms with E-state index in [-0.39, 0.29) is 5.54 Å². The maximum atomic E-state index is 4.54. The molecule has 0 fully saturated rings. The van der Waals surface area contributed by atoms with Gasteiger partial charge in [-0.3, -0.25) is 0 Å². The molecule has 1 aromatic carbocycles. The predicted molar refractivity (Wildman–Crippen MR) is 78.4 cm³/mol. The molecule has 0 aliphatic carbocycles. The maximum Gasteiger partial charge on any atom is 0.158 e. The van der Waals surface area contributed by atoms with Crippen molar-refractivity contribution in [1.82, 2.24) is 19.7 Å². The van der Waals surface area contributed by atoms with Gasteiger partial charge in [-0.15, -0.1) is 11.3 Å². The zero-order valence-electron chi connectivity index (χ0n) is 11.5. The minimum Gasteiger partial charge on any atom is -0.241 e. The molecule has 0 radical (unpaired) electrons. The summed E-state index contributed by atoms with van der Waals surface area (Å²) in [6, 6.07) is 6.29. The Balaban J connectivity index is 2.16. The molecule has 3 rings (SSSR count). The van der Waals surface area contributed by atoms with E-state index in [9.17, 15) is 0 Å². The van der Waals surface area contributed by atoms with Crippen molar-refractivity contribution >= 4 is 21.6 Å². The van der Waals surface area contributed by atoms with E-state index in [1.165, 1.54) is 4.70 Å². The van der Waals surface area contributed by atoms with Crippen molar-refractivity contribution in [2.24, 2.45) is 0 Å². The van der Waals surface area contributed by atoms with Crippen LogP contribution in [0, 0.1) is 6.92 Å². The lowest BCUT2D eigenvalue weighted by molar-refractivity contribution is 0.359. The van der Waals surface area contributed by atoms with Gasteiger partial charge in [0.15, 0.2) is 5.82 Å². The van der Waals surface area contributed by atoms with Crippen LogP contribution < -0.4 is 0 Å². The monoisotopic (exact) mass is 272 g/mol. The lowest BCUT2D eigenvalue weighted by Gasteiger charge is -2.21. The molecule has 0 unspecified atom stereocenters. The van der Waals surface area contributed by atoms with Gasteiger partial charge < -0.3 is 0 Å². The zero-order chi connectivity index (χ0) is 13.6. The van der Waals surface area contributed by atoms with Crippen LogP contribution in [-0.4, -0.2) is 19.7 Å². The molecule has 0 saturated heterocycles. The SMILES string of the molecule is Cc1nc2cc(-c3ncnn3C(C)(C)C)ccc2s1. The summed E-state index contributed by atoms with van der Waals surface area (Å²) in [7, 11) is 0. The summed E-state index contributed by atoms with van der Waals surface area (Å²) in [6.45, 7) is 8.39. The van der Waals surface area contributed by atoms with Crippen LogP contribution in [0.5, 0.6) is 0 Å². The lowest BCUT2D eigenvalue weighted by atomic mass is 10.1. The predicted octanol–water partition coefficient (Wildman–Crippen LogP) is 3.62. The first-order valence-electron chi connectivity index (χ1n) is 6.23. The van der Waals surface area contributed by atoms with Crippen LogP contribution in [0.2, 0.25) is 0 Å². The van der Waals surface area contributed by atoms with E-state index in [4.69, 9.17) is 0 Å². The van der Waals surface area contributed by atoms with Crippen molar-refractivity contribution in [1.29, 1.82) is 0 Å². The first kappa shape index (κ1) is 12.3. The standard InChI is InChI=1S/C14H16N4S/c1-9-17-11-7-10(5-6-12(11)19-9)13-15-8-16-18(13)14(2,3)4/h5-8H,1-4H3. The largest absolute Gasteiger partial charge is 0.241 e. The smallest absolute Gasteiger partial charge is 0.158 e. The summed E-state index contributed by atoms with van der Waals surface area (Å²) in [5, 5.41) is 5.42. The third-order valence-electron chi connectivity index (χ3n) is 2.94. The molecule has 4 nitrogen and oxygen atoms in total. The quantitative estimate of drug-likeness (QED) is 0.679. The van der Waals surface area contributed by atoms with E-state index in [0.717, 1.165) is 21.9 Å². The van der Waals surface area contributed by atoms with Crippen molar-refractivity contribution in [3.63, 3.8) is 0 Å². The molecule has 2 heterocycles. The molecule has 0 aliphatic rings. The third kappa shape index (κ3) is 2.14. The molecule has 5 heteroatoms. The van der Waals surface area contributed by atoms with Crippen LogP contribution in [0.3, 0.4) is 0 Å². The number of aromatic nitrogens is 4. The van der Waals surface area contributed by atoms with E-state index in [0.29, 0.717) is 0 Å². The number of fused-ring (bicyclic) bond motifs is 1. The van der Waals surface area contributed by atoms with Gasteiger partial charge in [0.2, 0.25) is 0 Å². The average Bonchev–Trinajstić information content (AvgIpc) is 2.90. The third-order valence-corrected chi connectivity index (χ3v) is 3.89. The first-order chi connectivity index (χ1) is 8.95. The molecule has 0 amide bonds. The molecule has 2 aromatic heterocycles. The highest BCUT2D eigenvalue weighted by atomic mass is 32.1. The van der Waals surface area contributed by atoms with Gasteiger partial charge in [0.05, 0.1) is 20.8 Å². The second-order valence-electron chi connectivity index (χ2n) is 5.58. The molecule has 98 valence electrons. The van der Waals surface area contributed by atoms with Crippen LogP contribution in [0.15, 0.2) is 24.5 Å². The van der Waals surface area contributed by atoms with Gasteiger partial charge in [0, 0.05) is 5.56 Å². The number of nitrogens with zero attached hydrogens (tertiary/aromatic N) is 4. The Morgan fingerprint density at radius 2 is 2.00 bits per heavy atom. The lowest BCUT2D eigenvalue weighted by Crippen LogP contribution is -2.24. The number of benzene rings is 1. The van der Waals surface area contributed by atoms with Crippen LogP contribution >= 0.6 is 11.3 Å². The van der Waals surface area contributed by atoms with Crippen LogP contribution in [0.25, 0.3) is 21.6 Å². The summed E-state index contributed by atoms with van der Waals surface area (Å²) < 4.78 is 3.16. The number of thiazole rings is 1. The molecular formula is C14H16N4S. The first-order valence-corrected chi connectivity index (χ1v) is 7.05. The highest BCUT2D eigenvalue weighted by Gasteiger charge is 2.19. The minimum atomic E-state index is -0.0845. The fraction of sp³-hybridized carbons (Fsp3) is 0.357. The number of hydrogen-bond acceptors (Lipinski definition) is 4. The summed E-state index contributed by atoms with van der Waals surface area (Å²) in [5.41, 5.74) is 2.01. The number of rotatable bonds is 1. The molecule has 3 aromatic rings. The summed E-state index contributed by atoms with van der Waals surface area (Å²) in [5.74, 6) is 0.889. The Morgan fingerprint density at radius 1 is 1.21 bits per heavy atom.